The van der Waals surface area contributed by atoms with E-state index >= 15 is 0 Å². The van der Waals surface area contributed by atoms with E-state index in [2.05, 4.69) is 0 Å². The summed E-state index contributed by atoms with van der Waals surface area (Å²) >= 11 is 0. The standard InChI is InChI=1S/C17H22O5/c1-12-15(22-17(2,3)21-12)6-5-11-20-16(18)13-7-9-14(19-4)10-8-13/h5-10,12,15H,11H2,1-4H3/b6-5+/t12-,15-/m1/s1. The van der Waals surface area contributed by atoms with Gasteiger partial charge in [0.15, 0.2) is 5.79 Å². The van der Waals surface area contributed by atoms with Crippen molar-refractivity contribution >= 4 is 5.97 Å². The van der Waals surface area contributed by atoms with Crippen LogP contribution in [0, 0.1) is 0 Å². The van der Waals surface area contributed by atoms with Crippen molar-refractivity contribution in [3.63, 3.8) is 0 Å². The van der Waals surface area contributed by atoms with Gasteiger partial charge in [-0.25, -0.2) is 4.79 Å². The molecule has 2 rings (SSSR count). The summed E-state index contributed by atoms with van der Waals surface area (Å²) in [4.78, 5) is 11.9. The van der Waals surface area contributed by atoms with Crippen LogP contribution in [0.1, 0.15) is 31.1 Å². The van der Waals surface area contributed by atoms with Crippen molar-refractivity contribution in [1.29, 1.82) is 0 Å². The fourth-order valence-corrected chi connectivity index (χ4v) is 2.29. The van der Waals surface area contributed by atoms with Gasteiger partial charge in [-0.1, -0.05) is 6.08 Å². The Labute approximate surface area is 130 Å². The Balaban J connectivity index is 1.80. The van der Waals surface area contributed by atoms with E-state index < -0.39 is 5.79 Å². The summed E-state index contributed by atoms with van der Waals surface area (Å²) in [5, 5.41) is 0. The lowest BCUT2D eigenvalue weighted by atomic mass is 10.2. The third-order valence-electron chi connectivity index (χ3n) is 3.31. The average molecular weight is 306 g/mol. The van der Waals surface area contributed by atoms with Gasteiger partial charge in [0, 0.05) is 0 Å². The topological polar surface area (TPSA) is 54.0 Å². The SMILES string of the molecule is COc1ccc(C(=O)OC/C=C/[C@H]2OC(C)(C)O[C@@H]2C)cc1. The maximum atomic E-state index is 11.9. The fraction of sp³-hybridized carbons (Fsp3) is 0.471. The van der Waals surface area contributed by atoms with Crippen molar-refractivity contribution in [2.24, 2.45) is 0 Å². The Bertz CT molecular complexity index is 532. The van der Waals surface area contributed by atoms with Gasteiger partial charge in [-0.3, -0.25) is 0 Å². The molecule has 1 aliphatic heterocycles. The van der Waals surface area contributed by atoms with Crippen LogP contribution >= 0.6 is 0 Å². The molecule has 0 saturated carbocycles. The third-order valence-corrected chi connectivity index (χ3v) is 3.31. The molecule has 2 atom stereocenters. The molecule has 1 aliphatic rings. The van der Waals surface area contributed by atoms with Gasteiger partial charge < -0.3 is 18.9 Å². The highest BCUT2D eigenvalue weighted by Gasteiger charge is 2.36. The number of carbonyl (C=O) groups excluding carboxylic acids is 1. The minimum Gasteiger partial charge on any atom is -0.497 e. The maximum absolute atomic E-state index is 11.9. The van der Waals surface area contributed by atoms with E-state index in [1.54, 1.807) is 37.5 Å². The lowest BCUT2D eigenvalue weighted by molar-refractivity contribution is -0.141. The van der Waals surface area contributed by atoms with Crippen LogP contribution in [0.2, 0.25) is 0 Å². The van der Waals surface area contributed by atoms with Crippen LogP contribution in [-0.2, 0) is 14.2 Å². The van der Waals surface area contributed by atoms with E-state index in [0.717, 1.165) is 0 Å². The Morgan fingerprint density at radius 1 is 1.27 bits per heavy atom. The third kappa shape index (κ3) is 4.32. The van der Waals surface area contributed by atoms with Gasteiger partial charge in [0.05, 0.1) is 18.8 Å². The molecule has 0 aromatic heterocycles. The summed E-state index contributed by atoms with van der Waals surface area (Å²) in [6.45, 7) is 5.90. The number of carbonyl (C=O) groups is 1. The van der Waals surface area contributed by atoms with Gasteiger partial charge in [-0.15, -0.1) is 0 Å². The Morgan fingerprint density at radius 2 is 1.95 bits per heavy atom. The number of benzene rings is 1. The molecule has 0 radical (unpaired) electrons. The molecule has 5 heteroatoms. The Morgan fingerprint density at radius 3 is 2.50 bits per heavy atom. The minimum absolute atomic E-state index is 0.0245. The van der Waals surface area contributed by atoms with Crippen LogP contribution in [-0.4, -0.2) is 37.7 Å². The van der Waals surface area contributed by atoms with Gasteiger partial charge in [-0.2, -0.15) is 0 Å². The van der Waals surface area contributed by atoms with E-state index in [4.69, 9.17) is 18.9 Å². The molecule has 1 aromatic carbocycles. The largest absolute Gasteiger partial charge is 0.497 e. The molecule has 1 fully saturated rings. The highest BCUT2D eigenvalue weighted by Crippen LogP contribution is 2.28. The van der Waals surface area contributed by atoms with E-state index in [9.17, 15) is 4.79 Å². The average Bonchev–Trinajstić information content (AvgIpc) is 2.76. The van der Waals surface area contributed by atoms with Gasteiger partial charge in [0.2, 0.25) is 0 Å². The summed E-state index contributed by atoms with van der Waals surface area (Å²) in [6, 6.07) is 6.78. The smallest absolute Gasteiger partial charge is 0.338 e. The van der Waals surface area contributed by atoms with Crippen LogP contribution in [0.4, 0.5) is 0 Å². The number of rotatable bonds is 5. The monoisotopic (exact) mass is 306 g/mol. The number of esters is 1. The molecule has 1 heterocycles. The normalized spacial score (nSPS) is 23.6. The van der Waals surface area contributed by atoms with Gasteiger partial charge in [-0.05, 0) is 51.1 Å². The van der Waals surface area contributed by atoms with Crippen molar-refractivity contribution in [2.45, 2.75) is 38.8 Å². The molecule has 120 valence electrons. The zero-order valence-corrected chi connectivity index (χ0v) is 13.4. The first-order valence-electron chi connectivity index (χ1n) is 7.25. The number of ether oxygens (including phenoxy) is 4. The second-order valence-electron chi connectivity index (χ2n) is 5.56. The molecule has 0 bridgehead atoms. The van der Waals surface area contributed by atoms with Gasteiger partial charge >= 0.3 is 5.97 Å². The Kier molecular flexibility index (Phi) is 5.21. The maximum Gasteiger partial charge on any atom is 0.338 e. The lowest BCUT2D eigenvalue weighted by Crippen LogP contribution is -2.20. The first-order chi connectivity index (χ1) is 10.4. The van der Waals surface area contributed by atoms with E-state index in [1.807, 2.05) is 26.8 Å². The Hall–Kier alpha value is -1.85. The molecule has 22 heavy (non-hydrogen) atoms. The van der Waals surface area contributed by atoms with Crippen LogP contribution in [0.25, 0.3) is 0 Å². The summed E-state index contributed by atoms with van der Waals surface area (Å²) in [6.07, 6.45) is 3.48. The molecule has 0 aliphatic carbocycles. The highest BCUT2D eigenvalue weighted by atomic mass is 16.7. The van der Waals surface area contributed by atoms with Gasteiger partial charge in [0.25, 0.3) is 0 Å². The molecule has 5 nitrogen and oxygen atoms in total. The van der Waals surface area contributed by atoms with E-state index in [0.29, 0.717) is 11.3 Å². The first-order valence-corrected chi connectivity index (χ1v) is 7.25. The van der Waals surface area contributed by atoms with Crippen LogP contribution in [0.5, 0.6) is 5.75 Å². The quantitative estimate of drug-likeness (QED) is 0.618. The van der Waals surface area contributed by atoms with Crippen molar-refractivity contribution < 1.29 is 23.7 Å². The number of hydrogen-bond acceptors (Lipinski definition) is 5. The fourth-order valence-electron chi connectivity index (χ4n) is 2.29. The predicted octanol–water partition coefficient (Wildman–Crippen LogP) is 2.95. The van der Waals surface area contributed by atoms with Crippen LogP contribution < -0.4 is 4.74 Å². The zero-order chi connectivity index (χ0) is 16.2. The van der Waals surface area contributed by atoms with Crippen molar-refractivity contribution in [1.82, 2.24) is 0 Å². The zero-order valence-electron chi connectivity index (χ0n) is 13.4. The second kappa shape index (κ2) is 6.94. The highest BCUT2D eigenvalue weighted by molar-refractivity contribution is 5.89. The molecule has 1 aromatic rings. The van der Waals surface area contributed by atoms with E-state index in [-0.39, 0.29) is 24.8 Å². The van der Waals surface area contributed by atoms with Crippen LogP contribution in [0.3, 0.4) is 0 Å². The summed E-state index contributed by atoms with van der Waals surface area (Å²) in [5.74, 6) is -0.246. The second-order valence-corrected chi connectivity index (χ2v) is 5.56. The molecule has 0 unspecified atom stereocenters. The summed E-state index contributed by atoms with van der Waals surface area (Å²) in [5.41, 5.74) is 0.490. The number of hydrogen-bond donors (Lipinski definition) is 0. The van der Waals surface area contributed by atoms with Gasteiger partial charge in [0.1, 0.15) is 18.5 Å². The number of methoxy groups -OCH3 is 1. The van der Waals surface area contributed by atoms with E-state index in [1.165, 1.54) is 0 Å². The van der Waals surface area contributed by atoms with Crippen molar-refractivity contribution in [3.8, 4) is 5.75 Å². The summed E-state index contributed by atoms with van der Waals surface area (Å²) in [7, 11) is 1.58. The van der Waals surface area contributed by atoms with Crippen LogP contribution in [0.15, 0.2) is 36.4 Å². The molecule has 0 N–H and O–H groups in total. The van der Waals surface area contributed by atoms with Crippen molar-refractivity contribution in [3.05, 3.63) is 42.0 Å². The predicted molar refractivity (Wildman–Crippen MR) is 81.9 cm³/mol. The molecular formula is C17H22O5. The minimum atomic E-state index is -0.575. The lowest BCUT2D eigenvalue weighted by Gasteiger charge is -2.15. The van der Waals surface area contributed by atoms with Crippen molar-refractivity contribution in [2.75, 3.05) is 13.7 Å². The molecule has 0 amide bonds. The molecule has 1 saturated heterocycles. The molecular weight excluding hydrogens is 284 g/mol. The first kappa shape index (κ1) is 16.5. The summed E-state index contributed by atoms with van der Waals surface area (Å²) < 4.78 is 21.6. The molecule has 0 spiro atoms.